The lowest BCUT2D eigenvalue weighted by Gasteiger charge is -2.38. The van der Waals surface area contributed by atoms with E-state index in [0.29, 0.717) is 30.7 Å². The zero-order valence-electron chi connectivity index (χ0n) is 17.8. The Morgan fingerprint density at radius 3 is 2.45 bits per heavy atom. The summed E-state index contributed by atoms with van der Waals surface area (Å²) < 4.78 is 0. The summed E-state index contributed by atoms with van der Waals surface area (Å²) in [5.41, 5.74) is 1.10. The SMILES string of the molecule is CN=C(NCC(C)N1CCN(C)CC1)N1CCN(Cc2ccc(Cl)cc2)C(=O)C1. The highest BCUT2D eigenvalue weighted by Crippen LogP contribution is 2.14. The van der Waals surface area contributed by atoms with Gasteiger partial charge < -0.3 is 20.0 Å². The van der Waals surface area contributed by atoms with Crippen molar-refractivity contribution in [3.05, 3.63) is 34.9 Å². The second-order valence-electron chi connectivity index (χ2n) is 7.98. The number of nitrogens with zero attached hydrogens (tertiary/aromatic N) is 5. The van der Waals surface area contributed by atoms with Crippen LogP contribution in [0.25, 0.3) is 0 Å². The fourth-order valence-corrected chi connectivity index (χ4v) is 3.96. The highest BCUT2D eigenvalue weighted by atomic mass is 35.5. The smallest absolute Gasteiger partial charge is 0.242 e. The number of rotatable bonds is 5. The van der Waals surface area contributed by atoms with Gasteiger partial charge in [0, 0.05) is 70.5 Å². The van der Waals surface area contributed by atoms with Gasteiger partial charge in [0.15, 0.2) is 5.96 Å². The highest BCUT2D eigenvalue weighted by molar-refractivity contribution is 6.30. The van der Waals surface area contributed by atoms with Crippen molar-refractivity contribution in [3.63, 3.8) is 0 Å². The quantitative estimate of drug-likeness (QED) is 0.573. The molecule has 1 aromatic rings. The highest BCUT2D eigenvalue weighted by Gasteiger charge is 2.26. The standard InChI is InChI=1S/C21H33ClN6O/c1-17(26-10-8-25(3)9-11-26)14-24-21(23-2)28-13-12-27(20(29)16-28)15-18-4-6-19(22)7-5-18/h4-7,17H,8-16H2,1-3H3,(H,23,24). The van der Waals surface area contributed by atoms with E-state index in [0.717, 1.165) is 50.8 Å². The Balaban J connectivity index is 1.47. The second kappa shape index (κ2) is 10.3. The molecule has 2 heterocycles. The average molecular weight is 421 g/mol. The first-order valence-electron chi connectivity index (χ1n) is 10.4. The summed E-state index contributed by atoms with van der Waals surface area (Å²) in [7, 11) is 3.96. The van der Waals surface area contributed by atoms with Crippen LogP contribution in [0.2, 0.25) is 5.02 Å². The summed E-state index contributed by atoms with van der Waals surface area (Å²) in [4.78, 5) is 25.9. The first kappa shape index (κ1) is 21.9. The molecule has 0 radical (unpaired) electrons. The minimum Gasteiger partial charge on any atom is -0.355 e. The maximum absolute atomic E-state index is 12.7. The van der Waals surface area contributed by atoms with Gasteiger partial charge in [0.2, 0.25) is 5.91 Å². The molecular formula is C21H33ClN6O. The first-order valence-corrected chi connectivity index (χ1v) is 10.7. The first-order chi connectivity index (χ1) is 14.0. The topological polar surface area (TPSA) is 54.4 Å². The zero-order chi connectivity index (χ0) is 20.8. The van der Waals surface area contributed by atoms with Crippen LogP contribution < -0.4 is 5.32 Å². The number of carbonyl (C=O) groups excluding carboxylic acids is 1. The number of aliphatic imine (C=N–C) groups is 1. The van der Waals surface area contributed by atoms with Crippen molar-refractivity contribution in [1.82, 2.24) is 24.9 Å². The van der Waals surface area contributed by atoms with Crippen molar-refractivity contribution < 1.29 is 4.79 Å². The van der Waals surface area contributed by atoms with E-state index < -0.39 is 0 Å². The maximum Gasteiger partial charge on any atom is 0.242 e. The van der Waals surface area contributed by atoms with Crippen molar-refractivity contribution in [2.75, 3.05) is 66.5 Å². The van der Waals surface area contributed by atoms with E-state index in [9.17, 15) is 4.79 Å². The Kier molecular flexibility index (Phi) is 7.75. The van der Waals surface area contributed by atoms with Gasteiger partial charge in [-0.2, -0.15) is 0 Å². The van der Waals surface area contributed by atoms with Crippen LogP contribution in [-0.4, -0.2) is 104 Å². The third-order valence-electron chi connectivity index (χ3n) is 5.83. The molecule has 0 aliphatic carbocycles. The molecule has 0 aromatic heterocycles. The van der Waals surface area contributed by atoms with Crippen molar-refractivity contribution in [1.29, 1.82) is 0 Å². The number of hydrogen-bond donors (Lipinski definition) is 1. The number of piperazine rings is 2. The fraction of sp³-hybridized carbons (Fsp3) is 0.619. The summed E-state index contributed by atoms with van der Waals surface area (Å²) in [5, 5.41) is 4.19. The minimum absolute atomic E-state index is 0.126. The Morgan fingerprint density at radius 2 is 1.83 bits per heavy atom. The van der Waals surface area contributed by atoms with Gasteiger partial charge >= 0.3 is 0 Å². The molecule has 1 amide bonds. The molecule has 0 saturated carbocycles. The monoisotopic (exact) mass is 420 g/mol. The molecule has 1 N–H and O–H groups in total. The van der Waals surface area contributed by atoms with Crippen LogP contribution in [-0.2, 0) is 11.3 Å². The second-order valence-corrected chi connectivity index (χ2v) is 8.42. The molecule has 2 saturated heterocycles. The summed E-state index contributed by atoms with van der Waals surface area (Å²) in [6.07, 6.45) is 0. The maximum atomic E-state index is 12.7. The Morgan fingerprint density at radius 1 is 1.14 bits per heavy atom. The zero-order valence-corrected chi connectivity index (χ0v) is 18.5. The molecule has 8 heteroatoms. The molecule has 3 rings (SSSR count). The summed E-state index contributed by atoms with van der Waals surface area (Å²) in [6, 6.07) is 8.11. The molecule has 2 fully saturated rings. The Hall–Kier alpha value is -1.83. The Labute approximate surface area is 179 Å². The predicted molar refractivity (Wildman–Crippen MR) is 118 cm³/mol. The molecule has 1 atom stereocenters. The number of amides is 1. The van der Waals surface area contributed by atoms with Gasteiger partial charge in [-0.3, -0.25) is 14.7 Å². The van der Waals surface area contributed by atoms with Gasteiger partial charge in [0.25, 0.3) is 0 Å². The van der Waals surface area contributed by atoms with Gasteiger partial charge in [0.05, 0.1) is 6.54 Å². The lowest BCUT2D eigenvalue weighted by Crippen LogP contribution is -2.57. The van der Waals surface area contributed by atoms with E-state index in [-0.39, 0.29) is 5.91 Å². The fourth-order valence-electron chi connectivity index (χ4n) is 3.83. The van der Waals surface area contributed by atoms with Gasteiger partial charge in [-0.25, -0.2) is 0 Å². The lowest BCUT2D eigenvalue weighted by atomic mass is 10.2. The van der Waals surface area contributed by atoms with Crippen LogP contribution in [0.1, 0.15) is 12.5 Å². The van der Waals surface area contributed by atoms with E-state index in [1.54, 1.807) is 7.05 Å². The number of halogens is 1. The van der Waals surface area contributed by atoms with E-state index in [1.807, 2.05) is 29.2 Å². The van der Waals surface area contributed by atoms with Crippen molar-refractivity contribution in [2.24, 2.45) is 4.99 Å². The third kappa shape index (κ3) is 6.07. The van der Waals surface area contributed by atoms with Crippen LogP contribution in [0.15, 0.2) is 29.3 Å². The number of likely N-dealkylation sites (N-methyl/N-ethyl adjacent to an activating group) is 1. The van der Waals surface area contributed by atoms with E-state index in [2.05, 4.69) is 39.0 Å². The van der Waals surface area contributed by atoms with Crippen molar-refractivity contribution in [2.45, 2.75) is 19.5 Å². The van der Waals surface area contributed by atoms with Crippen molar-refractivity contribution in [3.8, 4) is 0 Å². The van der Waals surface area contributed by atoms with Crippen LogP contribution in [0.4, 0.5) is 0 Å². The summed E-state index contributed by atoms with van der Waals surface area (Å²) >= 11 is 5.95. The number of guanidine groups is 1. The van der Waals surface area contributed by atoms with Crippen LogP contribution in [0.5, 0.6) is 0 Å². The molecule has 0 bridgehead atoms. The van der Waals surface area contributed by atoms with Crippen LogP contribution >= 0.6 is 11.6 Å². The number of hydrogen-bond acceptors (Lipinski definition) is 4. The number of carbonyl (C=O) groups is 1. The van der Waals surface area contributed by atoms with Crippen molar-refractivity contribution >= 4 is 23.5 Å². The lowest BCUT2D eigenvalue weighted by molar-refractivity contribution is -0.135. The molecule has 29 heavy (non-hydrogen) atoms. The molecule has 0 spiro atoms. The minimum atomic E-state index is 0.126. The van der Waals surface area contributed by atoms with Crippen LogP contribution in [0.3, 0.4) is 0 Å². The van der Waals surface area contributed by atoms with E-state index in [4.69, 9.17) is 11.6 Å². The summed E-state index contributed by atoms with van der Waals surface area (Å²) in [5.74, 6) is 0.937. The number of nitrogens with one attached hydrogen (secondary N) is 1. The molecule has 1 aromatic carbocycles. The molecule has 1 unspecified atom stereocenters. The predicted octanol–water partition coefficient (Wildman–Crippen LogP) is 1.20. The molecule has 7 nitrogen and oxygen atoms in total. The van der Waals surface area contributed by atoms with E-state index >= 15 is 0 Å². The largest absolute Gasteiger partial charge is 0.355 e. The average Bonchev–Trinajstić information content (AvgIpc) is 2.72. The van der Waals surface area contributed by atoms with E-state index in [1.165, 1.54) is 0 Å². The molecule has 2 aliphatic rings. The van der Waals surface area contributed by atoms with Gasteiger partial charge in [-0.15, -0.1) is 0 Å². The van der Waals surface area contributed by atoms with Gasteiger partial charge in [0.1, 0.15) is 0 Å². The molecule has 160 valence electrons. The summed E-state index contributed by atoms with van der Waals surface area (Å²) in [6.45, 7) is 9.95. The van der Waals surface area contributed by atoms with Gasteiger partial charge in [-0.1, -0.05) is 23.7 Å². The third-order valence-corrected chi connectivity index (χ3v) is 6.09. The molecule has 2 aliphatic heterocycles. The normalized spacial score (nSPS) is 20.8. The number of benzene rings is 1. The Bertz CT molecular complexity index is 702. The van der Waals surface area contributed by atoms with Crippen LogP contribution in [0, 0.1) is 0 Å². The van der Waals surface area contributed by atoms with Gasteiger partial charge in [-0.05, 0) is 31.7 Å². The molecular weight excluding hydrogens is 388 g/mol.